The van der Waals surface area contributed by atoms with Crippen molar-refractivity contribution < 1.29 is 18.0 Å². The Morgan fingerprint density at radius 1 is 1.11 bits per heavy atom. The summed E-state index contributed by atoms with van der Waals surface area (Å²) in [6.07, 6.45) is 0.616. The van der Waals surface area contributed by atoms with Crippen LogP contribution < -0.4 is 9.62 Å². The Bertz CT molecular complexity index is 1020. The van der Waals surface area contributed by atoms with Crippen LogP contribution in [0.1, 0.15) is 22.8 Å². The maximum atomic E-state index is 12.7. The molecule has 0 atom stereocenters. The smallest absolute Gasteiger partial charge is 0.261 e. The second-order valence-corrected chi connectivity index (χ2v) is 8.28. The first-order valence-electron chi connectivity index (χ1n) is 8.44. The standard InChI is InChI=1S/C19H21N3O4S/c1-13(23)22-10-9-14-12-17(7-8-18(14)22)27(25,26)20-16-6-4-5-15(11-16)19(24)21(2)3/h4-8,11-12,20H,9-10H2,1-3H3. The van der Waals surface area contributed by atoms with Crippen molar-refractivity contribution in [3.05, 3.63) is 53.6 Å². The van der Waals surface area contributed by atoms with Gasteiger partial charge in [0.15, 0.2) is 0 Å². The molecule has 1 N–H and O–H groups in total. The van der Waals surface area contributed by atoms with E-state index in [2.05, 4.69) is 4.72 Å². The fourth-order valence-electron chi connectivity index (χ4n) is 3.06. The Morgan fingerprint density at radius 3 is 2.52 bits per heavy atom. The highest BCUT2D eigenvalue weighted by molar-refractivity contribution is 7.92. The molecule has 1 aliphatic rings. The molecule has 0 saturated heterocycles. The van der Waals surface area contributed by atoms with Crippen LogP contribution in [0.4, 0.5) is 11.4 Å². The second-order valence-electron chi connectivity index (χ2n) is 6.60. The van der Waals surface area contributed by atoms with Gasteiger partial charge in [-0.1, -0.05) is 6.07 Å². The van der Waals surface area contributed by atoms with Gasteiger partial charge in [-0.3, -0.25) is 14.3 Å². The maximum Gasteiger partial charge on any atom is 0.261 e. The number of rotatable bonds is 4. The van der Waals surface area contributed by atoms with Crippen LogP contribution in [0.3, 0.4) is 0 Å². The molecule has 0 radical (unpaired) electrons. The zero-order chi connectivity index (χ0) is 19.8. The van der Waals surface area contributed by atoms with Crippen LogP contribution in [0.25, 0.3) is 0 Å². The Labute approximate surface area is 158 Å². The highest BCUT2D eigenvalue weighted by Crippen LogP contribution is 2.30. The normalized spacial score (nSPS) is 13.2. The number of sulfonamides is 1. The molecule has 0 aliphatic carbocycles. The SMILES string of the molecule is CC(=O)N1CCc2cc(S(=O)(=O)Nc3cccc(C(=O)N(C)C)c3)ccc21. The van der Waals surface area contributed by atoms with Gasteiger partial charge in [-0.2, -0.15) is 0 Å². The minimum Gasteiger partial charge on any atom is -0.345 e. The molecule has 0 fully saturated rings. The Morgan fingerprint density at radius 2 is 1.85 bits per heavy atom. The molecule has 0 saturated carbocycles. The molecule has 2 amide bonds. The summed E-state index contributed by atoms with van der Waals surface area (Å²) in [5, 5.41) is 0. The van der Waals surface area contributed by atoms with Crippen LogP contribution >= 0.6 is 0 Å². The third-order valence-electron chi connectivity index (χ3n) is 4.40. The van der Waals surface area contributed by atoms with Crippen molar-refractivity contribution >= 4 is 33.2 Å². The molecule has 0 bridgehead atoms. The average Bonchev–Trinajstić information content (AvgIpc) is 3.04. The van der Waals surface area contributed by atoms with Crippen LogP contribution in [0.5, 0.6) is 0 Å². The average molecular weight is 387 g/mol. The van der Waals surface area contributed by atoms with E-state index in [1.807, 2.05) is 0 Å². The van der Waals surface area contributed by atoms with Gasteiger partial charge in [0.25, 0.3) is 15.9 Å². The van der Waals surface area contributed by atoms with Gasteiger partial charge in [-0.25, -0.2) is 8.42 Å². The van der Waals surface area contributed by atoms with E-state index in [1.165, 1.54) is 24.0 Å². The fraction of sp³-hybridized carbons (Fsp3) is 0.263. The number of hydrogen-bond donors (Lipinski definition) is 1. The number of nitrogens with one attached hydrogen (secondary N) is 1. The molecule has 0 aromatic heterocycles. The molecule has 0 spiro atoms. The monoisotopic (exact) mass is 387 g/mol. The number of nitrogens with zero attached hydrogens (tertiary/aromatic N) is 2. The number of anilines is 2. The first-order valence-corrected chi connectivity index (χ1v) is 9.93. The lowest BCUT2D eigenvalue weighted by Gasteiger charge is -2.15. The number of hydrogen-bond acceptors (Lipinski definition) is 4. The molecule has 0 unspecified atom stereocenters. The van der Waals surface area contributed by atoms with Crippen molar-refractivity contribution in [1.29, 1.82) is 0 Å². The predicted molar refractivity (Wildman–Crippen MR) is 103 cm³/mol. The van der Waals surface area contributed by atoms with Gasteiger partial charge < -0.3 is 9.80 Å². The largest absolute Gasteiger partial charge is 0.345 e. The van der Waals surface area contributed by atoms with E-state index in [1.54, 1.807) is 49.3 Å². The molecule has 1 aliphatic heterocycles. The molecule has 1 heterocycles. The number of fused-ring (bicyclic) bond motifs is 1. The molecule has 7 nitrogen and oxygen atoms in total. The van der Waals surface area contributed by atoms with Gasteiger partial charge in [-0.05, 0) is 48.4 Å². The van der Waals surface area contributed by atoms with Gasteiger partial charge in [0.05, 0.1) is 4.90 Å². The highest BCUT2D eigenvalue weighted by atomic mass is 32.2. The molecule has 2 aromatic carbocycles. The van der Waals surface area contributed by atoms with Gasteiger partial charge >= 0.3 is 0 Å². The van der Waals surface area contributed by atoms with E-state index in [-0.39, 0.29) is 16.7 Å². The topological polar surface area (TPSA) is 86.8 Å². The predicted octanol–water partition coefficient (Wildman–Crippen LogP) is 2.10. The van der Waals surface area contributed by atoms with E-state index in [0.29, 0.717) is 24.2 Å². The van der Waals surface area contributed by atoms with E-state index < -0.39 is 10.0 Å². The first-order chi connectivity index (χ1) is 12.7. The van der Waals surface area contributed by atoms with Gasteiger partial charge in [-0.15, -0.1) is 0 Å². The lowest BCUT2D eigenvalue weighted by atomic mass is 10.2. The van der Waals surface area contributed by atoms with Crippen molar-refractivity contribution in [3.8, 4) is 0 Å². The van der Waals surface area contributed by atoms with Gasteiger partial charge in [0.2, 0.25) is 5.91 Å². The first kappa shape index (κ1) is 18.9. The fourth-order valence-corrected chi connectivity index (χ4v) is 4.16. The maximum absolute atomic E-state index is 12.7. The summed E-state index contributed by atoms with van der Waals surface area (Å²) in [5.41, 5.74) is 2.28. The zero-order valence-electron chi connectivity index (χ0n) is 15.4. The summed E-state index contributed by atoms with van der Waals surface area (Å²) in [5.74, 6) is -0.275. The third kappa shape index (κ3) is 3.80. The number of benzene rings is 2. The summed E-state index contributed by atoms with van der Waals surface area (Å²) in [6.45, 7) is 2.04. The van der Waals surface area contributed by atoms with Crippen LogP contribution in [0.2, 0.25) is 0 Å². The van der Waals surface area contributed by atoms with Crippen LogP contribution in [0, 0.1) is 0 Å². The van der Waals surface area contributed by atoms with Gasteiger partial charge in [0, 0.05) is 44.5 Å². The molecular formula is C19H21N3O4S. The van der Waals surface area contributed by atoms with E-state index in [0.717, 1.165) is 11.3 Å². The molecular weight excluding hydrogens is 366 g/mol. The van der Waals surface area contributed by atoms with Crippen LogP contribution in [0.15, 0.2) is 47.4 Å². The Kier molecular flexibility index (Phi) is 4.93. The van der Waals surface area contributed by atoms with E-state index in [9.17, 15) is 18.0 Å². The molecule has 27 heavy (non-hydrogen) atoms. The summed E-state index contributed by atoms with van der Waals surface area (Å²) in [6, 6.07) is 11.1. The van der Waals surface area contributed by atoms with Crippen molar-refractivity contribution in [3.63, 3.8) is 0 Å². The van der Waals surface area contributed by atoms with Crippen molar-refractivity contribution in [1.82, 2.24) is 4.90 Å². The zero-order valence-corrected chi connectivity index (χ0v) is 16.2. The highest BCUT2D eigenvalue weighted by Gasteiger charge is 2.25. The van der Waals surface area contributed by atoms with Gasteiger partial charge in [0.1, 0.15) is 0 Å². The summed E-state index contributed by atoms with van der Waals surface area (Å²) in [7, 11) is -0.548. The summed E-state index contributed by atoms with van der Waals surface area (Å²) in [4.78, 5) is 26.9. The third-order valence-corrected chi connectivity index (χ3v) is 5.78. The Hall–Kier alpha value is -2.87. The van der Waals surface area contributed by atoms with Crippen molar-refractivity contribution in [2.75, 3.05) is 30.3 Å². The molecule has 142 valence electrons. The van der Waals surface area contributed by atoms with Crippen molar-refractivity contribution in [2.24, 2.45) is 0 Å². The quantitative estimate of drug-likeness (QED) is 0.870. The lowest BCUT2D eigenvalue weighted by molar-refractivity contribution is -0.116. The van der Waals surface area contributed by atoms with Crippen molar-refractivity contribution in [2.45, 2.75) is 18.2 Å². The molecule has 8 heteroatoms. The van der Waals surface area contributed by atoms with Crippen LogP contribution in [-0.2, 0) is 21.2 Å². The minimum atomic E-state index is -3.81. The number of carbonyl (C=O) groups excluding carboxylic acids is 2. The summed E-state index contributed by atoms with van der Waals surface area (Å²) >= 11 is 0. The molecule has 3 rings (SSSR count). The number of carbonyl (C=O) groups is 2. The van der Waals surface area contributed by atoms with Crippen LogP contribution in [-0.4, -0.2) is 45.8 Å². The minimum absolute atomic E-state index is 0.0649. The van der Waals surface area contributed by atoms with E-state index >= 15 is 0 Å². The molecule has 2 aromatic rings. The second kappa shape index (κ2) is 7.03. The summed E-state index contributed by atoms with van der Waals surface area (Å²) < 4.78 is 28.0. The Balaban J connectivity index is 1.87. The van der Waals surface area contributed by atoms with E-state index in [4.69, 9.17) is 0 Å². The number of amides is 2. The lowest BCUT2D eigenvalue weighted by Crippen LogP contribution is -2.25.